The molecule has 2 unspecified atom stereocenters. The molecule has 0 aromatic heterocycles. The second kappa shape index (κ2) is 6.62. The third kappa shape index (κ3) is 3.29. The van der Waals surface area contributed by atoms with Crippen molar-refractivity contribution in [1.82, 2.24) is 5.32 Å². The molecule has 1 nitrogen and oxygen atoms in total. The van der Waals surface area contributed by atoms with E-state index in [1.54, 1.807) is 5.56 Å². The zero-order chi connectivity index (χ0) is 14.7. The molecule has 0 saturated heterocycles. The van der Waals surface area contributed by atoms with Gasteiger partial charge in [0, 0.05) is 0 Å². The van der Waals surface area contributed by atoms with Crippen molar-refractivity contribution in [3.05, 3.63) is 48.0 Å². The Kier molecular flexibility index (Phi) is 4.60. The first-order chi connectivity index (χ1) is 10.3. The maximum absolute atomic E-state index is 3.67. The van der Waals surface area contributed by atoms with E-state index >= 15 is 0 Å². The summed E-state index contributed by atoms with van der Waals surface area (Å²) in [5.41, 5.74) is 1.57. The molecule has 21 heavy (non-hydrogen) atoms. The second-order valence-corrected chi connectivity index (χ2v) is 6.92. The predicted molar refractivity (Wildman–Crippen MR) is 91.7 cm³/mol. The second-order valence-electron chi connectivity index (χ2n) is 6.92. The van der Waals surface area contributed by atoms with Crippen molar-refractivity contribution in [2.75, 3.05) is 13.1 Å². The van der Waals surface area contributed by atoms with Crippen LogP contribution in [-0.2, 0) is 0 Å². The Morgan fingerprint density at radius 2 is 1.86 bits per heavy atom. The average Bonchev–Trinajstić information content (AvgIpc) is 2.94. The molecule has 0 aliphatic heterocycles. The monoisotopic (exact) mass is 281 g/mol. The zero-order valence-corrected chi connectivity index (χ0v) is 13.3. The lowest BCUT2D eigenvalue weighted by Gasteiger charge is -2.22. The third-order valence-corrected chi connectivity index (χ3v) is 4.84. The number of benzene rings is 2. The van der Waals surface area contributed by atoms with E-state index in [0.29, 0.717) is 0 Å². The Balaban J connectivity index is 1.80. The van der Waals surface area contributed by atoms with Crippen LogP contribution < -0.4 is 5.32 Å². The van der Waals surface area contributed by atoms with E-state index in [9.17, 15) is 0 Å². The Morgan fingerprint density at radius 3 is 2.71 bits per heavy atom. The minimum atomic E-state index is 0.732. The molecule has 2 aromatic rings. The van der Waals surface area contributed by atoms with Crippen LogP contribution in [-0.4, -0.2) is 13.1 Å². The summed E-state index contributed by atoms with van der Waals surface area (Å²) in [6.07, 6.45) is 4.10. The molecule has 1 fully saturated rings. The summed E-state index contributed by atoms with van der Waals surface area (Å²) in [4.78, 5) is 0. The molecular weight excluding hydrogens is 254 g/mol. The van der Waals surface area contributed by atoms with Crippen LogP contribution in [0.5, 0.6) is 0 Å². The van der Waals surface area contributed by atoms with Crippen LogP contribution in [0.2, 0.25) is 0 Å². The van der Waals surface area contributed by atoms with Crippen molar-refractivity contribution < 1.29 is 0 Å². The summed E-state index contributed by atoms with van der Waals surface area (Å²) in [6.45, 7) is 6.87. The van der Waals surface area contributed by atoms with Gasteiger partial charge in [0.2, 0.25) is 0 Å². The van der Waals surface area contributed by atoms with Gasteiger partial charge >= 0.3 is 0 Å². The lowest BCUT2D eigenvalue weighted by molar-refractivity contribution is 0.426. The van der Waals surface area contributed by atoms with Gasteiger partial charge in [-0.15, -0.1) is 0 Å². The predicted octanol–water partition coefficient (Wildman–Crippen LogP) is 4.97. The van der Waals surface area contributed by atoms with E-state index in [1.165, 1.54) is 36.6 Å². The van der Waals surface area contributed by atoms with Crippen molar-refractivity contribution >= 4 is 10.8 Å². The summed E-state index contributed by atoms with van der Waals surface area (Å²) in [6, 6.07) is 15.7. The van der Waals surface area contributed by atoms with Crippen molar-refractivity contribution in [2.45, 2.75) is 39.0 Å². The summed E-state index contributed by atoms with van der Waals surface area (Å²) in [5.74, 6) is 2.27. The third-order valence-electron chi connectivity index (χ3n) is 4.84. The summed E-state index contributed by atoms with van der Waals surface area (Å²) in [5, 5.41) is 6.52. The molecule has 1 saturated carbocycles. The van der Waals surface area contributed by atoms with E-state index in [-0.39, 0.29) is 0 Å². The first-order valence-corrected chi connectivity index (χ1v) is 8.44. The first kappa shape index (κ1) is 14.6. The van der Waals surface area contributed by atoms with Crippen LogP contribution in [0, 0.1) is 11.8 Å². The molecule has 1 heteroatoms. The van der Waals surface area contributed by atoms with E-state index in [0.717, 1.165) is 24.3 Å². The fourth-order valence-corrected chi connectivity index (χ4v) is 3.82. The molecule has 1 aliphatic rings. The zero-order valence-electron chi connectivity index (χ0n) is 13.3. The van der Waals surface area contributed by atoms with Crippen molar-refractivity contribution in [1.29, 1.82) is 0 Å². The highest BCUT2D eigenvalue weighted by atomic mass is 14.9. The van der Waals surface area contributed by atoms with Crippen LogP contribution in [0.1, 0.15) is 44.6 Å². The molecule has 1 N–H and O–H groups in total. The van der Waals surface area contributed by atoms with E-state index < -0.39 is 0 Å². The normalized spacial score (nSPS) is 22.2. The lowest BCUT2D eigenvalue weighted by atomic mass is 9.86. The fraction of sp³-hybridized carbons (Fsp3) is 0.500. The number of hydrogen-bond acceptors (Lipinski definition) is 1. The van der Waals surface area contributed by atoms with E-state index in [4.69, 9.17) is 0 Å². The molecule has 3 rings (SSSR count). The molecule has 112 valence electrons. The molecular formula is C20H27N. The van der Waals surface area contributed by atoms with E-state index in [1.807, 2.05) is 0 Å². The van der Waals surface area contributed by atoms with Gasteiger partial charge in [0.25, 0.3) is 0 Å². The van der Waals surface area contributed by atoms with Crippen molar-refractivity contribution in [2.24, 2.45) is 11.8 Å². The molecule has 1 aliphatic carbocycles. The Bertz CT molecular complexity index is 582. The molecule has 2 aromatic carbocycles. The van der Waals surface area contributed by atoms with Gasteiger partial charge in [-0.1, -0.05) is 62.7 Å². The van der Waals surface area contributed by atoms with Crippen LogP contribution >= 0.6 is 0 Å². The fourth-order valence-electron chi connectivity index (χ4n) is 3.82. The summed E-state index contributed by atoms with van der Waals surface area (Å²) in [7, 11) is 0. The van der Waals surface area contributed by atoms with Gasteiger partial charge in [-0.05, 0) is 60.0 Å². The number of fused-ring (bicyclic) bond motifs is 1. The average molecular weight is 281 g/mol. The smallest absolute Gasteiger partial charge is 0.00146 e. The van der Waals surface area contributed by atoms with Crippen molar-refractivity contribution in [3.63, 3.8) is 0 Å². The topological polar surface area (TPSA) is 12.0 Å². The maximum Gasteiger partial charge on any atom is -0.00146 e. The van der Waals surface area contributed by atoms with Crippen LogP contribution in [0.15, 0.2) is 42.5 Å². The first-order valence-electron chi connectivity index (χ1n) is 8.44. The Labute approximate surface area is 128 Å². The standard InChI is InChI=1S/C20H27N/c1-15(2)13-21-14-17-9-6-11-19(17)20-12-5-8-16-7-3-4-10-18(16)20/h3-5,7-8,10,12,15,17,19,21H,6,9,11,13-14H2,1-2H3. The highest BCUT2D eigenvalue weighted by molar-refractivity contribution is 5.86. The molecule has 0 spiro atoms. The quantitative estimate of drug-likeness (QED) is 0.816. The van der Waals surface area contributed by atoms with Gasteiger partial charge in [0.15, 0.2) is 0 Å². The molecule has 2 atom stereocenters. The molecule has 0 radical (unpaired) electrons. The summed E-state index contributed by atoms with van der Waals surface area (Å²) >= 11 is 0. The van der Waals surface area contributed by atoms with Gasteiger partial charge in [-0.25, -0.2) is 0 Å². The minimum absolute atomic E-state index is 0.732. The highest BCUT2D eigenvalue weighted by Gasteiger charge is 2.29. The molecule has 0 bridgehead atoms. The van der Waals surface area contributed by atoms with Gasteiger partial charge in [0.1, 0.15) is 0 Å². The van der Waals surface area contributed by atoms with Gasteiger partial charge in [-0.3, -0.25) is 0 Å². The highest BCUT2D eigenvalue weighted by Crippen LogP contribution is 2.41. The van der Waals surface area contributed by atoms with Gasteiger partial charge in [-0.2, -0.15) is 0 Å². The van der Waals surface area contributed by atoms with Gasteiger partial charge < -0.3 is 5.32 Å². The van der Waals surface area contributed by atoms with Crippen LogP contribution in [0.4, 0.5) is 0 Å². The largest absolute Gasteiger partial charge is 0.316 e. The number of nitrogens with one attached hydrogen (secondary N) is 1. The molecule has 0 amide bonds. The van der Waals surface area contributed by atoms with Crippen LogP contribution in [0.3, 0.4) is 0 Å². The number of rotatable bonds is 5. The van der Waals surface area contributed by atoms with Crippen molar-refractivity contribution in [3.8, 4) is 0 Å². The molecule has 0 heterocycles. The Hall–Kier alpha value is -1.34. The van der Waals surface area contributed by atoms with Crippen LogP contribution in [0.25, 0.3) is 10.8 Å². The minimum Gasteiger partial charge on any atom is -0.316 e. The Morgan fingerprint density at radius 1 is 1.05 bits per heavy atom. The summed E-state index contributed by atoms with van der Waals surface area (Å²) < 4.78 is 0. The van der Waals surface area contributed by atoms with Gasteiger partial charge in [0.05, 0.1) is 0 Å². The maximum atomic E-state index is 3.67. The number of hydrogen-bond donors (Lipinski definition) is 1. The lowest BCUT2D eigenvalue weighted by Crippen LogP contribution is -2.27. The van der Waals surface area contributed by atoms with E-state index in [2.05, 4.69) is 61.6 Å². The SMILES string of the molecule is CC(C)CNCC1CCCC1c1cccc2ccccc12.